The molecule has 3 rings (SSSR count). The Bertz CT molecular complexity index is 748. The zero-order chi connectivity index (χ0) is 16.3. The molecule has 2 heterocycles. The van der Waals surface area contributed by atoms with Gasteiger partial charge in [-0.2, -0.15) is 9.40 Å². The van der Waals surface area contributed by atoms with Crippen LogP contribution in [0.2, 0.25) is 0 Å². The number of sulfonamides is 1. The van der Waals surface area contributed by atoms with Gasteiger partial charge in [0.05, 0.1) is 11.4 Å². The Balaban J connectivity index is 1.74. The molecule has 23 heavy (non-hydrogen) atoms. The first-order valence-corrected chi connectivity index (χ1v) is 9.01. The average Bonchev–Trinajstić information content (AvgIpc) is 2.56. The third-order valence-electron chi connectivity index (χ3n) is 3.83. The van der Waals surface area contributed by atoms with Gasteiger partial charge in [0.1, 0.15) is 6.10 Å². The Labute approximate surface area is 136 Å². The predicted octanol–water partition coefficient (Wildman–Crippen LogP) is 2.02. The first-order chi connectivity index (χ1) is 11.1. The van der Waals surface area contributed by atoms with E-state index in [9.17, 15) is 8.42 Å². The van der Waals surface area contributed by atoms with E-state index in [-0.39, 0.29) is 6.10 Å². The highest BCUT2D eigenvalue weighted by Crippen LogP contribution is 2.23. The van der Waals surface area contributed by atoms with Crippen LogP contribution in [-0.4, -0.2) is 42.1 Å². The summed E-state index contributed by atoms with van der Waals surface area (Å²) in [5.74, 6) is 0.423. The molecule has 1 saturated heterocycles. The molecule has 1 fully saturated rings. The molecule has 1 aromatic heterocycles. The minimum absolute atomic E-state index is 0.208. The zero-order valence-corrected chi connectivity index (χ0v) is 13.7. The van der Waals surface area contributed by atoms with Gasteiger partial charge in [0.15, 0.2) is 0 Å². The third-order valence-corrected chi connectivity index (χ3v) is 5.71. The molecule has 1 atom stereocenters. The second-order valence-corrected chi connectivity index (χ2v) is 7.56. The molecule has 1 aromatic carbocycles. The van der Waals surface area contributed by atoms with E-state index in [0.717, 1.165) is 18.4 Å². The maximum absolute atomic E-state index is 12.7. The van der Waals surface area contributed by atoms with Gasteiger partial charge < -0.3 is 4.74 Å². The molecule has 1 aliphatic heterocycles. The Kier molecular flexibility index (Phi) is 4.58. The van der Waals surface area contributed by atoms with Gasteiger partial charge in [-0.05, 0) is 38.0 Å². The van der Waals surface area contributed by atoms with Crippen molar-refractivity contribution in [2.75, 3.05) is 13.1 Å². The fraction of sp³-hybridized carbons (Fsp3) is 0.375. The van der Waals surface area contributed by atoms with E-state index in [4.69, 9.17) is 4.74 Å². The summed E-state index contributed by atoms with van der Waals surface area (Å²) in [6.07, 6.45) is 2.93. The van der Waals surface area contributed by atoms with Gasteiger partial charge in [-0.3, -0.25) is 0 Å². The van der Waals surface area contributed by atoms with Crippen molar-refractivity contribution in [3.63, 3.8) is 0 Å². The maximum atomic E-state index is 12.7. The summed E-state index contributed by atoms with van der Waals surface area (Å²) in [6, 6.07) is 10.4. The van der Waals surface area contributed by atoms with Crippen molar-refractivity contribution in [3.8, 4) is 5.88 Å². The molecule has 122 valence electrons. The van der Waals surface area contributed by atoms with Gasteiger partial charge in [0, 0.05) is 18.8 Å². The number of rotatable bonds is 4. The molecule has 0 spiro atoms. The number of ether oxygens (including phenoxy) is 1. The highest BCUT2D eigenvalue weighted by Gasteiger charge is 2.31. The number of aromatic nitrogens is 2. The first-order valence-electron chi connectivity index (χ1n) is 7.57. The molecular weight excluding hydrogens is 314 g/mol. The molecule has 0 radical (unpaired) electrons. The van der Waals surface area contributed by atoms with Crippen molar-refractivity contribution < 1.29 is 13.2 Å². The highest BCUT2D eigenvalue weighted by molar-refractivity contribution is 7.89. The lowest BCUT2D eigenvalue weighted by Crippen LogP contribution is -2.44. The normalized spacial score (nSPS) is 19.4. The van der Waals surface area contributed by atoms with Crippen LogP contribution < -0.4 is 4.74 Å². The van der Waals surface area contributed by atoms with Gasteiger partial charge in [-0.25, -0.2) is 8.42 Å². The van der Waals surface area contributed by atoms with E-state index >= 15 is 0 Å². The van der Waals surface area contributed by atoms with Crippen molar-refractivity contribution in [2.45, 2.75) is 30.8 Å². The lowest BCUT2D eigenvalue weighted by atomic mass is 10.1. The van der Waals surface area contributed by atoms with Crippen LogP contribution >= 0.6 is 0 Å². The van der Waals surface area contributed by atoms with E-state index in [1.54, 1.807) is 30.5 Å². The fourth-order valence-corrected chi connectivity index (χ4v) is 4.11. The van der Waals surface area contributed by atoms with Crippen molar-refractivity contribution >= 4 is 10.0 Å². The number of nitrogens with zero attached hydrogens (tertiary/aromatic N) is 3. The van der Waals surface area contributed by atoms with Crippen LogP contribution in [0.3, 0.4) is 0 Å². The Morgan fingerprint density at radius 3 is 2.70 bits per heavy atom. The fourth-order valence-electron chi connectivity index (χ4n) is 2.60. The van der Waals surface area contributed by atoms with Gasteiger partial charge in [-0.1, -0.05) is 17.7 Å². The SMILES string of the molecule is Cc1ccc(S(=O)(=O)N2CCCC(Oc3cccnn3)C2)cc1. The third kappa shape index (κ3) is 3.68. The summed E-state index contributed by atoms with van der Waals surface area (Å²) in [4.78, 5) is 0.322. The standard InChI is InChI=1S/C16H19N3O3S/c1-13-6-8-15(9-7-13)23(20,21)19-11-3-4-14(12-19)22-16-5-2-10-17-18-16/h2,5-10,14H,3-4,11-12H2,1H3. The molecule has 0 saturated carbocycles. The summed E-state index contributed by atoms with van der Waals surface area (Å²) in [5, 5.41) is 7.65. The smallest absolute Gasteiger partial charge is 0.243 e. The highest BCUT2D eigenvalue weighted by atomic mass is 32.2. The second-order valence-electron chi connectivity index (χ2n) is 5.62. The van der Waals surface area contributed by atoms with E-state index in [1.165, 1.54) is 4.31 Å². The van der Waals surface area contributed by atoms with Crippen LogP contribution in [0.4, 0.5) is 0 Å². The number of piperidine rings is 1. The van der Waals surface area contributed by atoms with Crippen molar-refractivity contribution in [3.05, 3.63) is 48.2 Å². The molecule has 6 nitrogen and oxygen atoms in total. The second kappa shape index (κ2) is 6.64. The molecule has 2 aromatic rings. The molecule has 0 aliphatic carbocycles. The van der Waals surface area contributed by atoms with Crippen LogP contribution in [0, 0.1) is 6.92 Å². The van der Waals surface area contributed by atoms with Gasteiger partial charge in [0.25, 0.3) is 0 Å². The summed E-state index contributed by atoms with van der Waals surface area (Å²) in [6.45, 7) is 2.77. The predicted molar refractivity (Wildman–Crippen MR) is 85.6 cm³/mol. The summed E-state index contributed by atoms with van der Waals surface area (Å²) in [5.41, 5.74) is 1.03. The molecule has 0 bridgehead atoms. The Hall–Kier alpha value is -1.99. The zero-order valence-electron chi connectivity index (χ0n) is 12.9. The monoisotopic (exact) mass is 333 g/mol. The number of aryl methyl sites for hydroxylation is 1. The summed E-state index contributed by atoms with van der Waals surface area (Å²) in [7, 11) is -3.49. The molecule has 1 aliphatic rings. The van der Waals surface area contributed by atoms with Crippen LogP contribution in [0.1, 0.15) is 18.4 Å². The Morgan fingerprint density at radius 2 is 2.00 bits per heavy atom. The maximum Gasteiger partial charge on any atom is 0.243 e. The van der Waals surface area contributed by atoms with Gasteiger partial charge in [-0.15, -0.1) is 5.10 Å². The van der Waals surface area contributed by atoms with E-state index in [1.807, 2.05) is 19.1 Å². The van der Waals surface area contributed by atoms with Crippen molar-refractivity contribution in [1.29, 1.82) is 0 Å². The number of hydrogen-bond donors (Lipinski definition) is 0. The van der Waals surface area contributed by atoms with Crippen molar-refractivity contribution in [1.82, 2.24) is 14.5 Å². The van der Waals surface area contributed by atoms with Crippen LogP contribution in [0.25, 0.3) is 0 Å². The first kappa shape index (κ1) is 15.9. The lowest BCUT2D eigenvalue weighted by Gasteiger charge is -2.31. The summed E-state index contributed by atoms with van der Waals surface area (Å²) >= 11 is 0. The molecular formula is C16H19N3O3S. The molecule has 1 unspecified atom stereocenters. The van der Waals surface area contributed by atoms with Crippen LogP contribution in [0.15, 0.2) is 47.5 Å². The molecule has 7 heteroatoms. The number of benzene rings is 1. The topological polar surface area (TPSA) is 72.4 Å². The lowest BCUT2D eigenvalue weighted by molar-refractivity contribution is 0.123. The number of hydrogen-bond acceptors (Lipinski definition) is 5. The van der Waals surface area contributed by atoms with Crippen LogP contribution in [-0.2, 0) is 10.0 Å². The average molecular weight is 333 g/mol. The minimum Gasteiger partial charge on any atom is -0.472 e. The summed E-state index contributed by atoms with van der Waals surface area (Å²) < 4.78 is 32.7. The van der Waals surface area contributed by atoms with Gasteiger partial charge in [0.2, 0.25) is 15.9 Å². The van der Waals surface area contributed by atoms with E-state index in [2.05, 4.69) is 10.2 Å². The molecule has 0 amide bonds. The van der Waals surface area contributed by atoms with Crippen LogP contribution in [0.5, 0.6) is 5.88 Å². The van der Waals surface area contributed by atoms with Crippen molar-refractivity contribution in [2.24, 2.45) is 0 Å². The minimum atomic E-state index is -3.49. The van der Waals surface area contributed by atoms with Gasteiger partial charge >= 0.3 is 0 Å². The van der Waals surface area contributed by atoms with E-state index < -0.39 is 10.0 Å². The quantitative estimate of drug-likeness (QED) is 0.856. The molecule has 0 N–H and O–H groups in total. The van der Waals surface area contributed by atoms with E-state index in [0.29, 0.717) is 23.9 Å². The largest absolute Gasteiger partial charge is 0.472 e. The Morgan fingerprint density at radius 1 is 1.22 bits per heavy atom.